The van der Waals surface area contributed by atoms with E-state index in [0.29, 0.717) is 13.1 Å². The number of nitrogens with zero attached hydrogens (tertiary/aromatic N) is 2. The molecule has 3 aliphatic rings. The number of aromatic hydroxyl groups is 1. The second kappa shape index (κ2) is 11.8. The molecule has 0 saturated heterocycles. The van der Waals surface area contributed by atoms with Gasteiger partial charge >= 0.3 is 6.18 Å². The summed E-state index contributed by atoms with van der Waals surface area (Å²) in [5.74, 6) is -9.11. The molecule has 1 fully saturated rings. The first-order chi connectivity index (χ1) is 20.4. The number of aliphatic hydroxyl groups is 3. The fraction of sp³-hybridized carbons (Fsp3) is 0.567. The van der Waals surface area contributed by atoms with Crippen LogP contribution >= 0.6 is 0 Å². The van der Waals surface area contributed by atoms with E-state index in [9.17, 15) is 48.0 Å². The van der Waals surface area contributed by atoms with E-state index < -0.39 is 98.7 Å². The summed E-state index contributed by atoms with van der Waals surface area (Å²) < 4.78 is 49.8. The molecule has 6 N–H and O–H groups in total. The monoisotopic (exact) mass is 625 g/mol. The predicted molar refractivity (Wildman–Crippen MR) is 151 cm³/mol. The number of rotatable bonds is 9. The SMILES string of the molecule is CCN(CCOC(C)C)Cc1cc(O)c2c(c1C(F)(F)F)C[C@H]1C[C@H]3[C@H](N(C)C)C(=O)C(C(N)=O)=C(O)[C@@]3(O)C(=O)C1=C2O. The maximum atomic E-state index is 14.8. The van der Waals surface area contributed by atoms with Gasteiger partial charge in [-0.2, -0.15) is 13.2 Å². The Morgan fingerprint density at radius 2 is 1.84 bits per heavy atom. The third kappa shape index (κ3) is 5.37. The van der Waals surface area contributed by atoms with Gasteiger partial charge in [0.25, 0.3) is 5.91 Å². The van der Waals surface area contributed by atoms with Gasteiger partial charge in [0.05, 0.1) is 29.9 Å². The average Bonchev–Trinajstić information content (AvgIpc) is 2.88. The van der Waals surface area contributed by atoms with Crippen molar-refractivity contribution in [2.75, 3.05) is 33.8 Å². The highest BCUT2D eigenvalue weighted by Crippen LogP contribution is 2.54. The van der Waals surface area contributed by atoms with E-state index in [0.717, 1.165) is 6.07 Å². The Labute approximate surface area is 252 Å². The van der Waals surface area contributed by atoms with E-state index in [1.54, 1.807) is 11.8 Å². The van der Waals surface area contributed by atoms with E-state index in [4.69, 9.17) is 10.5 Å². The molecule has 1 aromatic carbocycles. The summed E-state index contributed by atoms with van der Waals surface area (Å²) in [5, 5.41) is 44.8. The molecule has 0 bridgehead atoms. The number of aliphatic hydroxyl groups excluding tert-OH is 2. The molecule has 1 saturated carbocycles. The Morgan fingerprint density at radius 1 is 1.20 bits per heavy atom. The number of halogens is 3. The lowest BCUT2D eigenvalue weighted by atomic mass is 9.57. The number of phenolic OH excluding ortho intramolecular Hbond substituents is 1. The molecule has 4 rings (SSSR count). The first-order valence-corrected chi connectivity index (χ1v) is 14.3. The molecule has 3 aliphatic carbocycles. The maximum Gasteiger partial charge on any atom is 0.417 e. The molecular formula is C30H38F3N3O8. The molecule has 1 aromatic rings. The number of phenols is 1. The van der Waals surface area contributed by atoms with Crippen LogP contribution < -0.4 is 5.73 Å². The fourth-order valence-electron chi connectivity index (χ4n) is 6.87. The topological polar surface area (TPSA) is 174 Å². The number of benzene rings is 1. The summed E-state index contributed by atoms with van der Waals surface area (Å²) in [7, 11) is 2.87. The zero-order chi connectivity index (χ0) is 33.0. The van der Waals surface area contributed by atoms with Crippen molar-refractivity contribution in [2.24, 2.45) is 17.6 Å². The van der Waals surface area contributed by atoms with Crippen molar-refractivity contribution in [3.8, 4) is 5.75 Å². The van der Waals surface area contributed by atoms with E-state index in [-0.39, 0.29) is 31.2 Å². The predicted octanol–water partition coefficient (Wildman–Crippen LogP) is 2.23. The van der Waals surface area contributed by atoms with Crippen LogP contribution in [0.15, 0.2) is 23.0 Å². The number of nitrogens with two attached hydrogens (primary N) is 1. The van der Waals surface area contributed by atoms with Gasteiger partial charge in [-0.05, 0) is 70.4 Å². The van der Waals surface area contributed by atoms with Crippen LogP contribution in [0, 0.1) is 11.8 Å². The molecular weight excluding hydrogens is 587 g/mol. The minimum atomic E-state index is -4.91. The normalized spacial score (nSPS) is 25.6. The molecule has 0 aliphatic heterocycles. The molecule has 4 atom stereocenters. The third-order valence-corrected chi connectivity index (χ3v) is 8.79. The summed E-state index contributed by atoms with van der Waals surface area (Å²) in [6.07, 6.45) is -5.77. The van der Waals surface area contributed by atoms with Crippen LogP contribution in [-0.4, -0.2) is 99.2 Å². The van der Waals surface area contributed by atoms with Crippen LogP contribution in [-0.2, 0) is 38.3 Å². The zero-order valence-corrected chi connectivity index (χ0v) is 25.2. The first-order valence-electron chi connectivity index (χ1n) is 14.3. The smallest absolute Gasteiger partial charge is 0.417 e. The lowest BCUT2D eigenvalue weighted by Gasteiger charge is -2.50. The average molecular weight is 626 g/mol. The molecule has 44 heavy (non-hydrogen) atoms. The minimum absolute atomic E-state index is 0.0709. The largest absolute Gasteiger partial charge is 0.508 e. The van der Waals surface area contributed by atoms with Gasteiger partial charge in [0, 0.05) is 24.6 Å². The number of hydrogen-bond acceptors (Lipinski definition) is 10. The highest BCUT2D eigenvalue weighted by molar-refractivity contribution is 6.24. The second-order valence-electron chi connectivity index (χ2n) is 12.0. The molecule has 0 aromatic heterocycles. The quantitative estimate of drug-likeness (QED) is 0.256. The summed E-state index contributed by atoms with van der Waals surface area (Å²) in [6.45, 7) is 6.23. The van der Waals surface area contributed by atoms with E-state index >= 15 is 0 Å². The molecule has 0 heterocycles. The minimum Gasteiger partial charge on any atom is -0.508 e. The van der Waals surface area contributed by atoms with Crippen LogP contribution in [0.1, 0.15) is 49.4 Å². The highest BCUT2D eigenvalue weighted by Gasteiger charge is 2.64. The van der Waals surface area contributed by atoms with Gasteiger partial charge in [-0.1, -0.05) is 6.92 Å². The van der Waals surface area contributed by atoms with Crippen molar-refractivity contribution in [1.82, 2.24) is 9.80 Å². The number of hydrogen-bond donors (Lipinski definition) is 5. The van der Waals surface area contributed by atoms with Crippen LogP contribution in [0.2, 0.25) is 0 Å². The lowest BCUT2D eigenvalue weighted by molar-refractivity contribution is -0.153. The lowest BCUT2D eigenvalue weighted by Crippen LogP contribution is -2.65. The molecule has 1 amide bonds. The number of primary amides is 1. The first kappa shape index (κ1) is 33.4. The Bertz CT molecular complexity index is 1450. The molecule has 0 radical (unpaired) electrons. The number of fused-ring (bicyclic) bond motifs is 3. The summed E-state index contributed by atoms with van der Waals surface area (Å²) in [4.78, 5) is 42.3. The zero-order valence-electron chi connectivity index (χ0n) is 25.2. The van der Waals surface area contributed by atoms with E-state index in [2.05, 4.69) is 0 Å². The molecule has 0 spiro atoms. The summed E-state index contributed by atoms with van der Waals surface area (Å²) >= 11 is 0. The Kier molecular flexibility index (Phi) is 8.97. The van der Waals surface area contributed by atoms with E-state index in [1.165, 1.54) is 19.0 Å². The number of ether oxygens (including phenoxy) is 1. The van der Waals surface area contributed by atoms with Crippen molar-refractivity contribution in [1.29, 1.82) is 0 Å². The number of carbonyl (C=O) groups excluding carboxylic acids is 3. The van der Waals surface area contributed by atoms with Gasteiger partial charge in [-0.25, -0.2) is 0 Å². The van der Waals surface area contributed by atoms with Crippen LogP contribution in [0.4, 0.5) is 13.2 Å². The number of likely N-dealkylation sites (N-methyl/N-ethyl adjacent to an activating group) is 2. The van der Waals surface area contributed by atoms with Crippen molar-refractivity contribution in [3.05, 3.63) is 45.2 Å². The Morgan fingerprint density at radius 3 is 2.36 bits per heavy atom. The number of Topliss-reactive ketones (excluding diaryl/α,β-unsaturated/α-hetero) is 2. The number of ketones is 2. The van der Waals surface area contributed by atoms with Gasteiger partial charge in [-0.3, -0.25) is 24.2 Å². The standard InChI is InChI=1S/C30H38F3N3O8/c1-6-36(7-8-44-13(2)3)12-15-11-18(37)20-16(22(15)30(31,32)33)9-14-10-17-23(35(4)5)25(39)21(28(34)42)27(41)29(17,43)26(40)19(14)24(20)38/h11,13-14,17,23,37-38,41,43H,6-10,12H2,1-5H3,(H2,34,42)/t14-,17-,23-,29-/m0/s1. The highest BCUT2D eigenvalue weighted by atomic mass is 19.4. The summed E-state index contributed by atoms with van der Waals surface area (Å²) in [6, 6.07) is -0.445. The number of carbonyl (C=O) groups is 3. The maximum absolute atomic E-state index is 14.8. The second-order valence-corrected chi connectivity index (χ2v) is 12.0. The van der Waals surface area contributed by atoms with Crippen LogP contribution in [0.5, 0.6) is 5.75 Å². The van der Waals surface area contributed by atoms with Crippen molar-refractivity contribution in [3.63, 3.8) is 0 Å². The van der Waals surface area contributed by atoms with E-state index in [1.807, 2.05) is 13.8 Å². The third-order valence-electron chi connectivity index (χ3n) is 8.79. The Balaban J connectivity index is 1.89. The van der Waals surface area contributed by atoms with Gasteiger partial charge in [0.15, 0.2) is 11.4 Å². The fourth-order valence-corrected chi connectivity index (χ4v) is 6.87. The van der Waals surface area contributed by atoms with Crippen molar-refractivity contribution in [2.45, 2.75) is 64.1 Å². The molecule has 14 heteroatoms. The Hall–Kier alpha value is -3.46. The van der Waals surface area contributed by atoms with Crippen molar-refractivity contribution < 1.29 is 52.7 Å². The number of alkyl halides is 3. The summed E-state index contributed by atoms with van der Waals surface area (Å²) in [5.41, 5.74) is -1.40. The molecule has 11 nitrogen and oxygen atoms in total. The molecule has 0 unspecified atom stereocenters. The van der Waals surface area contributed by atoms with Gasteiger partial charge in [0.1, 0.15) is 22.8 Å². The van der Waals surface area contributed by atoms with Gasteiger partial charge in [-0.15, -0.1) is 0 Å². The van der Waals surface area contributed by atoms with Crippen LogP contribution in [0.25, 0.3) is 5.76 Å². The number of amides is 1. The molecule has 242 valence electrons. The van der Waals surface area contributed by atoms with Gasteiger partial charge < -0.3 is 30.9 Å². The van der Waals surface area contributed by atoms with Gasteiger partial charge in [0.2, 0.25) is 5.78 Å². The van der Waals surface area contributed by atoms with Crippen molar-refractivity contribution >= 4 is 23.2 Å². The van der Waals surface area contributed by atoms with Crippen LogP contribution in [0.3, 0.4) is 0 Å².